The van der Waals surface area contributed by atoms with E-state index in [0.29, 0.717) is 0 Å². The van der Waals surface area contributed by atoms with E-state index >= 15 is 0 Å². The van der Waals surface area contributed by atoms with Crippen LogP contribution in [-0.2, 0) is 0 Å². The van der Waals surface area contributed by atoms with Crippen molar-refractivity contribution in [2.24, 2.45) is 0 Å². The van der Waals surface area contributed by atoms with Crippen molar-refractivity contribution in [2.45, 2.75) is 18.7 Å². The predicted octanol–water partition coefficient (Wildman–Crippen LogP) is 4.28. The minimum Gasteiger partial charge on any atom is -0.185 e. The molecule has 0 aliphatic rings. The van der Waals surface area contributed by atoms with E-state index in [1.165, 1.54) is 17.3 Å². The van der Waals surface area contributed by atoms with Crippen molar-refractivity contribution in [1.82, 2.24) is 0 Å². The van der Waals surface area contributed by atoms with E-state index in [-0.39, 0.29) is 0 Å². The van der Waals surface area contributed by atoms with Crippen molar-refractivity contribution >= 4 is 11.8 Å². The average Bonchev–Trinajstić information content (AvgIpc) is 2.41. The third-order valence-electron chi connectivity index (χ3n) is 2.73. The Morgan fingerprint density at radius 3 is 2.16 bits per heavy atom. The Morgan fingerprint density at radius 1 is 0.895 bits per heavy atom. The monoisotopic (exact) mass is 263 g/mol. The fraction of sp³-hybridized carbons (Fsp3) is 0.118. The molecular weight excluding hydrogens is 250 g/mol. The number of hydrogen-bond donors (Lipinski definition) is 0. The quantitative estimate of drug-likeness (QED) is 0.435. The van der Waals surface area contributed by atoms with E-state index in [0.717, 1.165) is 21.6 Å². The summed E-state index contributed by atoms with van der Waals surface area (Å²) in [6, 6.07) is 14.1. The summed E-state index contributed by atoms with van der Waals surface area (Å²) in [6.07, 6.45) is 0. The third-order valence-corrected chi connectivity index (χ3v) is 3.50. The number of hydrogen-bond acceptors (Lipinski definition) is 2. The Balaban J connectivity index is 2.23. The average molecular weight is 263 g/mol. The van der Waals surface area contributed by atoms with E-state index < -0.39 is 0 Å². The maximum Gasteiger partial charge on any atom is 0.138 e. The number of nitrogens with zero attached hydrogens (tertiary/aromatic N) is 1. The van der Waals surface area contributed by atoms with Gasteiger partial charge in [0, 0.05) is 16.0 Å². The number of aryl methyl sites for hydroxylation is 2. The summed E-state index contributed by atoms with van der Waals surface area (Å²) in [4.78, 5) is 0.989. The highest BCUT2D eigenvalue weighted by Gasteiger charge is 1.98. The summed E-state index contributed by atoms with van der Waals surface area (Å²) in [6.45, 7) is 4.06. The Labute approximate surface area is 118 Å². The zero-order valence-corrected chi connectivity index (χ0v) is 11.7. The Bertz CT molecular complexity index is 682. The SMILES string of the molecule is Cc1ccc(C#Cc2ccc(SC#N)c(C)c2)cc1. The molecule has 0 amide bonds. The van der Waals surface area contributed by atoms with Crippen LogP contribution in [0.1, 0.15) is 22.3 Å². The zero-order chi connectivity index (χ0) is 13.7. The van der Waals surface area contributed by atoms with Crippen molar-refractivity contribution in [1.29, 1.82) is 5.26 Å². The van der Waals surface area contributed by atoms with E-state index in [1.807, 2.05) is 37.3 Å². The third kappa shape index (κ3) is 3.65. The molecule has 2 aromatic carbocycles. The summed E-state index contributed by atoms with van der Waals surface area (Å²) in [7, 11) is 0. The fourth-order valence-electron chi connectivity index (χ4n) is 1.67. The first-order valence-corrected chi connectivity index (χ1v) is 6.76. The van der Waals surface area contributed by atoms with Gasteiger partial charge in [0.1, 0.15) is 5.40 Å². The van der Waals surface area contributed by atoms with Gasteiger partial charge in [0.25, 0.3) is 0 Å². The smallest absolute Gasteiger partial charge is 0.138 e. The number of nitriles is 1. The van der Waals surface area contributed by atoms with Crippen molar-refractivity contribution in [3.8, 4) is 17.2 Å². The first-order chi connectivity index (χ1) is 9.19. The van der Waals surface area contributed by atoms with Gasteiger partial charge < -0.3 is 0 Å². The lowest BCUT2D eigenvalue weighted by atomic mass is 10.1. The van der Waals surface area contributed by atoms with Crippen LogP contribution in [0.15, 0.2) is 47.4 Å². The fourth-order valence-corrected chi connectivity index (χ4v) is 2.13. The molecule has 0 heterocycles. The molecule has 0 atom stereocenters. The molecular formula is C17H13NS. The summed E-state index contributed by atoms with van der Waals surface area (Å²) < 4.78 is 0. The lowest BCUT2D eigenvalue weighted by Crippen LogP contribution is -1.82. The van der Waals surface area contributed by atoms with E-state index in [9.17, 15) is 0 Å². The van der Waals surface area contributed by atoms with Crippen LogP contribution in [-0.4, -0.2) is 0 Å². The van der Waals surface area contributed by atoms with Gasteiger partial charge in [-0.15, -0.1) is 0 Å². The van der Waals surface area contributed by atoms with Gasteiger partial charge in [-0.25, -0.2) is 0 Å². The Hall–Kier alpha value is -2.16. The molecule has 0 bridgehead atoms. The topological polar surface area (TPSA) is 23.8 Å². The van der Waals surface area contributed by atoms with Gasteiger partial charge in [-0.1, -0.05) is 29.5 Å². The van der Waals surface area contributed by atoms with Crippen molar-refractivity contribution < 1.29 is 0 Å². The van der Waals surface area contributed by atoms with Crippen LogP contribution in [0.3, 0.4) is 0 Å². The molecule has 19 heavy (non-hydrogen) atoms. The first-order valence-electron chi connectivity index (χ1n) is 5.94. The van der Waals surface area contributed by atoms with Crippen molar-refractivity contribution in [3.63, 3.8) is 0 Å². The summed E-state index contributed by atoms with van der Waals surface area (Å²) in [5.74, 6) is 6.29. The Morgan fingerprint density at radius 2 is 1.53 bits per heavy atom. The van der Waals surface area contributed by atoms with Gasteiger partial charge in [0.05, 0.1) is 0 Å². The van der Waals surface area contributed by atoms with Crippen molar-refractivity contribution in [3.05, 3.63) is 64.7 Å². The molecule has 2 heteroatoms. The highest BCUT2D eigenvalue weighted by atomic mass is 32.2. The second-order valence-corrected chi connectivity index (χ2v) is 5.12. The van der Waals surface area contributed by atoms with Crippen LogP contribution in [0.4, 0.5) is 0 Å². The van der Waals surface area contributed by atoms with Crippen LogP contribution in [0, 0.1) is 36.4 Å². The summed E-state index contributed by atoms with van der Waals surface area (Å²) >= 11 is 1.18. The number of thioether (sulfide) groups is 1. The van der Waals surface area contributed by atoms with Gasteiger partial charge >= 0.3 is 0 Å². The standard InChI is InChI=1S/C17H13NS/c1-13-3-5-15(6-4-13)7-8-16-9-10-17(19-12-18)14(2)11-16/h3-6,9-11H,1-2H3. The molecule has 0 spiro atoms. The first kappa shape index (κ1) is 13.3. The second kappa shape index (κ2) is 6.14. The number of benzene rings is 2. The van der Waals surface area contributed by atoms with Crippen LogP contribution in [0.5, 0.6) is 0 Å². The molecule has 0 N–H and O–H groups in total. The molecule has 2 aromatic rings. The van der Waals surface area contributed by atoms with Crippen LogP contribution >= 0.6 is 11.8 Å². The maximum atomic E-state index is 8.67. The van der Waals surface area contributed by atoms with Gasteiger partial charge in [-0.05, 0) is 61.5 Å². The van der Waals surface area contributed by atoms with E-state index in [4.69, 9.17) is 5.26 Å². The molecule has 1 nitrogen and oxygen atoms in total. The number of rotatable bonds is 1. The maximum absolute atomic E-state index is 8.67. The molecule has 0 radical (unpaired) electrons. The van der Waals surface area contributed by atoms with Crippen LogP contribution in [0.2, 0.25) is 0 Å². The molecule has 0 saturated carbocycles. The normalized spacial score (nSPS) is 9.32. The zero-order valence-electron chi connectivity index (χ0n) is 10.9. The predicted molar refractivity (Wildman–Crippen MR) is 79.8 cm³/mol. The Kier molecular flexibility index (Phi) is 4.29. The lowest BCUT2D eigenvalue weighted by Gasteiger charge is -2.00. The minimum absolute atomic E-state index is 0.973. The molecule has 2 rings (SSSR count). The van der Waals surface area contributed by atoms with Gasteiger partial charge in [0.15, 0.2) is 0 Å². The molecule has 0 aliphatic heterocycles. The lowest BCUT2D eigenvalue weighted by molar-refractivity contribution is 1.30. The van der Waals surface area contributed by atoms with Crippen molar-refractivity contribution in [2.75, 3.05) is 0 Å². The molecule has 0 aromatic heterocycles. The van der Waals surface area contributed by atoms with Gasteiger partial charge in [0.2, 0.25) is 0 Å². The summed E-state index contributed by atoms with van der Waals surface area (Å²) in [5, 5.41) is 10.8. The highest BCUT2D eigenvalue weighted by Crippen LogP contribution is 2.21. The minimum atomic E-state index is 0.973. The summed E-state index contributed by atoms with van der Waals surface area (Å²) in [5.41, 5.74) is 4.31. The second-order valence-electron chi connectivity index (χ2n) is 4.29. The molecule has 0 saturated heterocycles. The largest absolute Gasteiger partial charge is 0.185 e. The number of thiocyanates is 1. The highest BCUT2D eigenvalue weighted by molar-refractivity contribution is 8.03. The molecule has 0 fully saturated rings. The van der Waals surface area contributed by atoms with E-state index in [2.05, 4.69) is 36.3 Å². The molecule has 92 valence electrons. The van der Waals surface area contributed by atoms with E-state index in [1.54, 1.807) is 0 Å². The van der Waals surface area contributed by atoms with Crippen LogP contribution < -0.4 is 0 Å². The molecule has 0 unspecified atom stereocenters. The van der Waals surface area contributed by atoms with Gasteiger partial charge in [-0.2, -0.15) is 5.26 Å². The van der Waals surface area contributed by atoms with Gasteiger partial charge in [-0.3, -0.25) is 0 Å². The van der Waals surface area contributed by atoms with Crippen LogP contribution in [0.25, 0.3) is 0 Å². The molecule has 0 aliphatic carbocycles.